The zero-order chi connectivity index (χ0) is 12.9. The van der Waals surface area contributed by atoms with Gasteiger partial charge in [0.2, 0.25) is 0 Å². The molecule has 0 bridgehead atoms. The molecular formula is C15H20N2O2. The van der Waals surface area contributed by atoms with Gasteiger partial charge in [-0.15, -0.1) is 0 Å². The first-order valence-corrected chi connectivity index (χ1v) is 6.90. The molecule has 0 aliphatic heterocycles. The van der Waals surface area contributed by atoms with Gasteiger partial charge in [-0.3, -0.25) is 4.90 Å². The molecule has 0 amide bonds. The van der Waals surface area contributed by atoms with Crippen molar-refractivity contribution in [2.45, 2.75) is 32.0 Å². The number of hydrogen-bond donors (Lipinski definition) is 1. The molecular weight excluding hydrogens is 240 g/mol. The van der Waals surface area contributed by atoms with E-state index < -0.39 is 0 Å². The molecule has 102 valence electrons. The third-order valence-electron chi connectivity index (χ3n) is 3.49. The van der Waals surface area contributed by atoms with Crippen molar-refractivity contribution < 1.29 is 8.83 Å². The van der Waals surface area contributed by atoms with E-state index in [9.17, 15) is 0 Å². The summed E-state index contributed by atoms with van der Waals surface area (Å²) in [6.45, 7) is 3.84. The summed E-state index contributed by atoms with van der Waals surface area (Å²) < 4.78 is 10.5. The molecule has 1 fully saturated rings. The summed E-state index contributed by atoms with van der Waals surface area (Å²) in [6.07, 6.45) is 7.89. The molecule has 19 heavy (non-hydrogen) atoms. The molecule has 1 N–H and O–H groups in total. The van der Waals surface area contributed by atoms with Crippen LogP contribution in [-0.2, 0) is 13.1 Å². The highest BCUT2D eigenvalue weighted by molar-refractivity contribution is 5.04. The number of nitrogens with zero attached hydrogens (tertiary/aromatic N) is 1. The van der Waals surface area contributed by atoms with Crippen LogP contribution >= 0.6 is 0 Å². The first kappa shape index (κ1) is 12.5. The fraction of sp³-hybridized carbons (Fsp3) is 0.467. The van der Waals surface area contributed by atoms with Crippen molar-refractivity contribution in [2.24, 2.45) is 0 Å². The summed E-state index contributed by atoms with van der Waals surface area (Å²) in [4.78, 5) is 2.50. The highest BCUT2D eigenvalue weighted by Crippen LogP contribution is 2.27. The molecule has 0 aromatic carbocycles. The minimum absolute atomic E-state index is 0.751. The molecule has 1 aliphatic carbocycles. The second-order valence-corrected chi connectivity index (χ2v) is 5.09. The molecule has 1 aliphatic rings. The van der Waals surface area contributed by atoms with Crippen molar-refractivity contribution in [2.75, 3.05) is 13.1 Å². The maximum Gasteiger partial charge on any atom is 0.117 e. The Balaban J connectivity index is 1.41. The van der Waals surface area contributed by atoms with Crippen molar-refractivity contribution in [1.29, 1.82) is 0 Å². The van der Waals surface area contributed by atoms with Gasteiger partial charge >= 0.3 is 0 Å². The van der Waals surface area contributed by atoms with Crippen LogP contribution in [0.3, 0.4) is 0 Å². The summed E-state index contributed by atoms with van der Waals surface area (Å²) in [5, 5.41) is 3.45. The number of furan rings is 2. The van der Waals surface area contributed by atoms with Crippen molar-refractivity contribution in [1.82, 2.24) is 10.2 Å². The molecule has 2 aromatic heterocycles. The third-order valence-corrected chi connectivity index (χ3v) is 3.49. The van der Waals surface area contributed by atoms with Crippen LogP contribution in [0.1, 0.15) is 24.2 Å². The van der Waals surface area contributed by atoms with Gasteiger partial charge in [0.05, 0.1) is 25.3 Å². The van der Waals surface area contributed by atoms with Crippen LogP contribution in [0.4, 0.5) is 0 Å². The monoisotopic (exact) mass is 260 g/mol. The number of nitrogens with one attached hydrogen (secondary N) is 1. The highest BCUT2D eigenvalue weighted by Gasteiger charge is 2.28. The second kappa shape index (κ2) is 6.08. The zero-order valence-electron chi connectivity index (χ0n) is 11.0. The van der Waals surface area contributed by atoms with Gasteiger partial charge in [-0.25, -0.2) is 0 Å². The lowest BCUT2D eigenvalue weighted by Crippen LogP contribution is -2.33. The second-order valence-electron chi connectivity index (χ2n) is 5.09. The van der Waals surface area contributed by atoms with Crippen molar-refractivity contribution in [3.8, 4) is 0 Å². The molecule has 0 unspecified atom stereocenters. The number of rotatable bonds is 8. The standard InChI is InChI=1S/C15H20N2O2/c1-2-15(19-8-1)11-17(14-3-4-14)7-6-16-10-13-5-9-18-12-13/h1-2,5,8-9,12,14,16H,3-4,6-7,10-11H2. The lowest BCUT2D eigenvalue weighted by atomic mass is 10.3. The average molecular weight is 260 g/mol. The van der Waals surface area contributed by atoms with Crippen LogP contribution in [0.2, 0.25) is 0 Å². The normalized spacial score (nSPS) is 15.2. The molecule has 3 rings (SSSR count). The highest BCUT2D eigenvalue weighted by atomic mass is 16.3. The molecule has 4 nitrogen and oxygen atoms in total. The topological polar surface area (TPSA) is 41.6 Å². The molecule has 1 saturated carbocycles. The Morgan fingerprint density at radius 1 is 1.26 bits per heavy atom. The average Bonchev–Trinajstić information content (AvgIpc) is 2.92. The first-order valence-electron chi connectivity index (χ1n) is 6.90. The zero-order valence-corrected chi connectivity index (χ0v) is 11.0. The van der Waals surface area contributed by atoms with Crippen molar-refractivity contribution in [3.05, 3.63) is 48.3 Å². The van der Waals surface area contributed by atoms with E-state index in [1.807, 2.05) is 18.2 Å². The minimum atomic E-state index is 0.751. The van der Waals surface area contributed by atoms with E-state index in [4.69, 9.17) is 8.83 Å². The molecule has 2 heterocycles. The van der Waals surface area contributed by atoms with Gasteiger partial charge < -0.3 is 14.2 Å². The molecule has 4 heteroatoms. The molecule has 2 aromatic rings. The van der Waals surface area contributed by atoms with Gasteiger partial charge in [-0.05, 0) is 31.0 Å². The van der Waals surface area contributed by atoms with Crippen LogP contribution in [0, 0.1) is 0 Å². The largest absolute Gasteiger partial charge is 0.472 e. The minimum Gasteiger partial charge on any atom is -0.472 e. The smallest absolute Gasteiger partial charge is 0.117 e. The summed E-state index contributed by atoms with van der Waals surface area (Å²) in [7, 11) is 0. The van der Waals surface area contributed by atoms with E-state index in [0.717, 1.165) is 38.0 Å². The van der Waals surface area contributed by atoms with Crippen molar-refractivity contribution in [3.63, 3.8) is 0 Å². The van der Waals surface area contributed by atoms with Gasteiger partial charge in [-0.1, -0.05) is 0 Å². The third kappa shape index (κ3) is 3.72. The van der Waals surface area contributed by atoms with Crippen LogP contribution in [0.5, 0.6) is 0 Å². The Kier molecular flexibility index (Phi) is 4.01. The Hall–Kier alpha value is -1.52. The van der Waals surface area contributed by atoms with E-state index >= 15 is 0 Å². The van der Waals surface area contributed by atoms with Crippen LogP contribution < -0.4 is 5.32 Å². The number of hydrogen-bond acceptors (Lipinski definition) is 4. The quantitative estimate of drug-likeness (QED) is 0.741. The van der Waals surface area contributed by atoms with Gasteiger partial charge in [0.15, 0.2) is 0 Å². The van der Waals surface area contributed by atoms with Crippen LogP contribution in [0.25, 0.3) is 0 Å². The maximum absolute atomic E-state index is 5.43. The van der Waals surface area contributed by atoms with Crippen LogP contribution in [-0.4, -0.2) is 24.0 Å². The summed E-state index contributed by atoms with van der Waals surface area (Å²) in [5.41, 5.74) is 1.20. The fourth-order valence-electron chi connectivity index (χ4n) is 2.28. The summed E-state index contributed by atoms with van der Waals surface area (Å²) >= 11 is 0. The summed E-state index contributed by atoms with van der Waals surface area (Å²) in [6, 6.07) is 6.75. The maximum atomic E-state index is 5.43. The van der Waals surface area contributed by atoms with Gasteiger partial charge in [0.1, 0.15) is 5.76 Å². The van der Waals surface area contributed by atoms with E-state index in [0.29, 0.717) is 0 Å². The molecule has 0 atom stereocenters. The SMILES string of the molecule is c1coc(CN(CCNCc2ccoc2)C2CC2)c1. The lowest BCUT2D eigenvalue weighted by molar-refractivity contribution is 0.233. The Labute approximate surface area is 113 Å². The Bertz CT molecular complexity index is 460. The van der Waals surface area contributed by atoms with Gasteiger partial charge in [0.25, 0.3) is 0 Å². The summed E-state index contributed by atoms with van der Waals surface area (Å²) in [5.74, 6) is 1.06. The van der Waals surface area contributed by atoms with Crippen LogP contribution in [0.15, 0.2) is 45.8 Å². The van der Waals surface area contributed by atoms with E-state index in [1.165, 1.54) is 18.4 Å². The molecule has 0 radical (unpaired) electrons. The Morgan fingerprint density at radius 3 is 2.89 bits per heavy atom. The van der Waals surface area contributed by atoms with Crippen molar-refractivity contribution >= 4 is 0 Å². The molecule has 0 spiro atoms. The van der Waals surface area contributed by atoms with Gasteiger partial charge in [0, 0.05) is 31.2 Å². The van der Waals surface area contributed by atoms with Gasteiger partial charge in [-0.2, -0.15) is 0 Å². The Morgan fingerprint density at radius 2 is 2.21 bits per heavy atom. The van der Waals surface area contributed by atoms with E-state index in [2.05, 4.69) is 10.2 Å². The van der Waals surface area contributed by atoms with E-state index in [-0.39, 0.29) is 0 Å². The lowest BCUT2D eigenvalue weighted by Gasteiger charge is -2.20. The first-order chi connectivity index (χ1) is 9.42. The predicted molar refractivity (Wildman–Crippen MR) is 72.6 cm³/mol. The molecule has 0 saturated heterocycles. The predicted octanol–water partition coefficient (Wildman–Crippen LogP) is 2.63. The fourth-order valence-corrected chi connectivity index (χ4v) is 2.28. The van der Waals surface area contributed by atoms with E-state index in [1.54, 1.807) is 18.8 Å².